The molecule has 0 bridgehead atoms. The minimum absolute atomic E-state index is 0.174. The Kier molecular flexibility index (Phi) is 7.27. The number of amides is 1. The van der Waals surface area contributed by atoms with E-state index < -0.39 is 12.1 Å². The molecule has 0 radical (unpaired) electrons. The van der Waals surface area contributed by atoms with Crippen LogP contribution in [-0.2, 0) is 20.7 Å². The number of thioether (sulfide) groups is 1. The van der Waals surface area contributed by atoms with Crippen LogP contribution < -0.4 is 5.32 Å². The molecule has 0 aliphatic carbocycles. The van der Waals surface area contributed by atoms with E-state index in [9.17, 15) is 9.59 Å². The molecule has 1 N–H and O–H groups in total. The van der Waals surface area contributed by atoms with E-state index >= 15 is 0 Å². The van der Waals surface area contributed by atoms with Gasteiger partial charge in [-0.1, -0.05) is 36.8 Å². The molecular formula is C21H25NO3S. The number of carbonyl (C=O) groups is 2. The van der Waals surface area contributed by atoms with Crippen molar-refractivity contribution in [2.75, 3.05) is 11.1 Å². The summed E-state index contributed by atoms with van der Waals surface area (Å²) in [6.07, 6.45) is 0.105. The Morgan fingerprint density at radius 2 is 1.81 bits per heavy atom. The van der Waals surface area contributed by atoms with Crippen LogP contribution in [0.1, 0.15) is 30.5 Å². The summed E-state index contributed by atoms with van der Waals surface area (Å²) in [7, 11) is 0. The maximum atomic E-state index is 12.2. The zero-order valence-electron chi connectivity index (χ0n) is 15.7. The van der Waals surface area contributed by atoms with Crippen LogP contribution in [0.3, 0.4) is 0 Å². The van der Waals surface area contributed by atoms with Gasteiger partial charge in [0.1, 0.15) is 0 Å². The Morgan fingerprint density at radius 3 is 2.46 bits per heavy atom. The number of aryl methyl sites for hydroxylation is 3. The molecule has 0 saturated heterocycles. The first-order valence-electron chi connectivity index (χ1n) is 8.68. The third-order valence-corrected chi connectivity index (χ3v) is 5.13. The summed E-state index contributed by atoms with van der Waals surface area (Å²) >= 11 is 1.42. The van der Waals surface area contributed by atoms with E-state index in [1.165, 1.54) is 17.3 Å². The highest BCUT2D eigenvalue weighted by atomic mass is 32.2. The highest BCUT2D eigenvalue weighted by Crippen LogP contribution is 2.23. The molecule has 2 rings (SSSR count). The lowest BCUT2D eigenvalue weighted by molar-refractivity contribution is -0.150. The van der Waals surface area contributed by atoms with Gasteiger partial charge in [0.25, 0.3) is 5.91 Å². The molecule has 0 aliphatic rings. The fourth-order valence-corrected chi connectivity index (χ4v) is 3.26. The Morgan fingerprint density at radius 1 is 1.12 bits per heavy atom. The third kappa shape index (κ3) is 5.92. The van der Waals surface area contributed by atoms with Crippen LogP contribution in [0.25, 0.3) is 0 Å². The number of carbonyl (C=O) groups excluding carboxylic acids is 2. The average molecular weight is 372 g/mol. The zero-order chi connectivity index (χ0) is 19.1. The molecule has 0 aromatic heterocycles. The first kappa shape index (κ1) is 20.0. The molecule has 0 saturated carbocycles. The molecule has 26 heavy (non-hydrogen) atoms. The highest BCUT2D eigenvalue weighted by Gasteiger charge is 2.18. The maximum Gasteiger partial charge on any atom is 0.317 e. The van der Waals surface area contributed by atoms with Crippen molar-refractivity contribution in [2.24, 2.45) is 0 Å². The lowest BCUT2D eigenvalue weighted by atomic mass is 10.1. The van der Waals surface area contributed by atoms with Crippen LogP contribution in [0, 0.1) is 13.8 Å². The molecule has 0 aliphatic heterocycles. The number of nitrogens with one attached hydrogen (secondary N) is 1. The summed E-state index contributed by atoms with van der Waals surface area (Å²) < 4.78 is 5.25. The molecule has 0 heterocycles. The van der Waals surface area contributed by atoms with Crippen LogP contribution in [0.15, 0.2) is 47.4 Å². The van der Waals surface area contributed by atoms with Crippen molar-refractivity contribution >= 4 is 29.3 Å². The second-order valence-electron chi connectivity index (χ2n) is 6.23. The Hall–Kier alpha value is -2.27. The number of hydrogen-bond donors (Lipinski definition) is 1. The van der Waals surface area contributed by atoms with Gasteiger partial charge < -0.3 is 10.1 Å². The van der Waals surface area contributed by atoms with E-state index in [2.05, 4.69) is 12.2 Å². The van der Waals surface area contributed by atoms with Crippen molar-refractivity contribution < 1.29 is 14.3 Å². The largest absolute Gasteiger partial charge is 0.452 e. The summed E-state index contributed by atoms with van der Waals surface area (Å²) in [5.74, 6) is -0.563. The quantitative estimate of drug-likeness (QED) is 0.574. The molecule has 1 amide bonds. The fourth-order valence-electron chi connectivity index (χ4n) is 2.35. The van der Waals surface area contributed by atoms with Gasteiger partial charge in [0.15, 0.2) is 6.10 Å². The van der Waals surface area contributed by atoms with Crippen molar-refractivity contribution in [2.45, 2.75) is 45.1 Å². The van der Waals surface area contributed by atoms with Gasteiger partial charge in [-0.15, -0.1) is 11.8 Å². The minimum atomic E-state index is -0.840. The van der Waals surface area contributed by atoms with Gasteiger partial charge in [-0.2, -0.15) is 0 Å². The van der Waals surface area contributed by atoms with E-state index in [1.54, 1.807) is 6.92 Å². The normalized spacial score (nSPS) is 11.7. The van der Waals surface area contributed by atoms with E-state index in [0.29, 0.717) is 5.69 Å². The topological polar surface area (TPSA) is 55.4 Å². The molecule has 138 valence electrons. The third-order valence-electron chi connectivity index (χ3n) is 4.00. The molecule has 0 spiro atoms. The molecule has 2 aromatic carbocycles. The molecular weight excluding hydrogens is 346 g/mol. The van der Waals surface area contributed by atoms with Crippen molar-refractivity contribution in [3.05, 3.63) is 59.2 Å². The fraction of sp³-hybridized carbons (Fsp3) is 0.333. The molecule has 5 heteroatoms. The predicted molar refractivity (Wildman–Crippen MR) is 107 cm³/mol. The van der Waals surface area contributed by atoms with E-state index in [0.717, 1.165) is 22.4 Å². The van der Waals surface area contributed by atoms with Gasteiger partial charge >= 0.3 is 5.97 Å². The lowest BCUT2D eigenvalue weighted by Gasteiger charge is -2.14. The van der Waals surface area contributed by atoms with Gasteiger partial charge in [-0.25, -0.2) is 0 Å². The Balaban J connectivity index is 1.83. The van der Waals surface area contributed by atoms with Crippen LogP contribution >= 0.6 is 11.8 Å². The number of ether oxygens (including phenoxy) is 1. The summed E-state index contributed by atoms with van der Waals surface area (Å²) in [5, 5.41) is 2.77. The summed E-state index contributed by atoms with van der Waals surface area (Å²) in [6.45, 7) is 7.68. The van der Waals surface area contributed by atoms with Crippen LogP contribution in [0.4, 0.5) is 5.69 Å². The van der Waals surface area contributed by atoms with Crippen LogP contribution in [-0.4, -0.2) is 23.7 Å². The van der Waals surface area contributed by atoms with E-state index in [4.69, 9.17) is 4.74 Å². The first-order chi connectivity index (χ1) is 12.4. The smallest absolute Gasteiger partial charge is 0.317 e. The van der Waals surface area contributed by atoms with Gasteiger partial charge in [0.2, 0.25) is 0 Å². The number of hydrogen-bond acceptors (Lipinski definition) is 4. The maximum absolute atomic E-state index is 12.2. The van der Waals surface area contributed by atoms with E-state index in [-0.39, 0.29) is 11.7 Å². The highest BCUT2D eigenvalue weighted by molar-refractivity contribution is 8.00. The second kappa shape index (κ2) is 9.43. The minimum Gasteiger partial charge on any atom is -0.452 e. The molecule has 2 aromatic rings. The van der Waals surface area contributed by atoms with Gasteiger partial charge in [0.05, 0.1) is 5.75 Å². The number of esters is 1. The molecule has 4 nitrogen and oxygen atoms in total. The van der Waals surface area contributed by atoms with Crippen molar-refractivity contribution in [1.29, 1.82) is 0 Å². The van der Waals surface area contributed by atoms with Gasteiger partial charge in [-0.3, -0.25) is 9.59 Å². The SMILES string of the molecule is CCc1ccc(NC(=O)[C@@H](C)OC(=O)CSc2cc(C)ccc2C)cc1. The number of anilines is 1. The van der Waals surface area contributed by atoms with Crippen molar-refractivity contribution in [3.63, 3.8) is 0 Å². The Bertz CT molecular complexity index is 771. The average Bonchev–Trinajstić information content (AvgIpc) is 2.63. The summed E-state index contributed by atoms with van der Waals surface area (Å²) in [4.78, 5) is 25.3. The summed E-state index contributed by atoms with van der Waals surface area (Å²) in [5.41, 5.74) is 4.16. The standard InChI is InChI=1S/C21H25NO3S/c1-5-17-8-10-18(11-9-17)22-21(24)16(4)25-20(23)13-26-19-12-14(2)6-7-15(19)3/h6-12,16H,5,13H2,1-4H3,(H,22,24)/t16-/m1/s1. The first-order valence-corrected chi connectivity index (χ1v) is 9.67. The van der Waals surface area contributed by atoms with E-state index in [1.807, 2.05) is 56.3 Å². The predicted octanol–water partition coefficient (Wildman–Crippen LogP) is 4.53. The van der Waals surface area contributed by atoms with Crippen molar-refractivity contribution in [3.8, 4) is 0 Å². The molecule has 1 atom stereocenters. The Labute approximate surface area is 159 Å². The lowest BCUT2D eigenvalue weighted by Crippen LogP contribution is -2.30. The monoisotopic (exact) mass is 371 g/mol. The van der Waals surface area contributed by atoms with Gasteiger partial charge in [0, 0.05) is 10.6 Å². The second-order valence-corrected chi connectivity index (χ2v) is 7.25. The summed E-state index contributed by atoms with van der Waals surface area (Å²) in [6, 6.07) is 13.7. The molecule has 0 fully saturated rings. The van der Waals surface area contributed by atoms with Crippen LogP contribution in [0.5, 0.6) is 0 Å². The van der Waals surface area contributed by atoms with Gasteiger partial charge in [-0.05, 0) is 56.5 Å². The number of benzene rings is 2. The number of rotatable bonds is 7. The van der Waals surface area contributed by atoms with Crippen molar-refractivity contribution in [1.82, 2.24) is 0 Å². The molecule has 0 unspecified atom stereocenters. The zero-order valence-corrected chi connectivity index (χ0v) is 16.5. The van der Waals surface area contributed by atoms with Crippen LogP contribution in [0.2, 0.25) is 0 Å².